The van der Waals surface area contributed by atoms with Gasteiger partial charge < -0.3 is 9.42 Å². The Bertz CT molecular complexity index is 1210. The fourth-order valence-corrected chi connectivity index (χ4v) is 3.70. The van der Waals surface area contributed by atoms with E-state index in [4.69, 9.17) is 4.52 Å². The molecule has 1 atom stereocenters. The summed E-state index contributed by atoms with van der Waals surface area (Å²) in [6, 6.07) is 15.7. The van der Waals surface area contributed by atoms with Crippen molar-refractivity contribution in [3.63, 3.8) is 0 Å². The van der Waals surface area contributed by atoms with Gasteiger partial charge in [0.2, 0.25) is 11.7 Å². The molecule has 0 radical (unpaired) electrons. The minimum absolute atomic E-state index is 0.00854. The van der Waals surface area contributed by atoms with Gasteiger partial charge in [0, 0.05) is 18.7 Å². The molecule has 0 bridgehead atoms. The van der Waals surface area contributed by atoms with E-state index in [1.54, 1.807) is 27.9 Å². The van der Waals surface area contributed by atoms with Crippen LogP contribution in [0.3, 0.4) is 0 Å². The zero-order valence-electron chi connectivity index (χ0n) is 16.6. The molecule has 1 aliphatic rings. The SMILES string of the molecule is O=C(Cc1cccc(F)c1)N1CC[C@@H](n2cc(-c3nc(-c4ccccc4)no3)nn2)C1. The van der Waals surface area contributed by atoms with E-state index >= 15 is 0 Å². The van der Waals surface area contributed by atoms with Gasteiger partial charge in [-0.2, -0.15) is 4.98 Å². The van der Waals surface area contributed by atoms with Crippen molar-refractivity contribution >= 4 is 5.91 Å². The first-order chi connectivity index (χ1) is 15.2. The average molecular weight is 418 g/mol. The molecule has 1 aliphatic heterocycles. The molecule has 8 nitrogen and oxygen atoms in total. The highest BCUT2D eigenvalue weighted by Crippen LogP contribution is 2.25. The van der Waals surface area contributed by atoms with Crippen LogP contribution in [0.15, 0.2) is 65.3 Å². The maximum Gasteiger partial charge on any atom is 0.280 e. The number of hydrogen-bond donors (Lipinski definition) is 0. The lowest BCUT2D eigenvalue weighted by Crippen LogP contribution is -2.30. The van der Waals surface area contributed by atoms with Gasteiger partial charge in [-0.1, -0.05) is 52.8 Å². The van der Waals surface area contributed by atoms with Crippen molar-refractivity contribution in [2.24, 2.45) is 0 Å². The average Bonchev–Trinajstić information content (AvgIpc) is 3.54. The van der Waals surface area contributed by atoms with Crippen molar-refractivity contribution in [3.05, 3.63) is 72.2 Å². The van der Waals surface area contributed by atoms with E-state index in [9.17, 15) is 9.18 Å². The monoisotopic (exact) mass is 418 g/mol. The second kappa shape index (κ2) is 8.10. The van der Waals surface area contributed by atoms with Gasteiger partial charge >= 0.3 is 0 Å². The third-order valence-electron chi connectivity index (χ3n) is 5.32. The Morgan fingerprint density at radius 1 is 1.16 bits per heavy atom. The zero-order chi connectivity index (χ0) is 21.2. The molecule has 31 heavy (non-hydrogen) atoms. The van der Waals surface area contributed by atoms with E-state index in [0.717, 1.165) is 12.0 Å². The van der Waals surface area contributed by atoms with Gasteiger partial charge in [0.25, 0.3) is 5.89 Å². The molecular formula is C22H19FN6O2. The van der Waals surface area contributed by atoms with Crippen LogP contribution < -0.4 is 0 Å². The maximum atomic E-state index is 13.4. The molecule has 0 N–H and O–H groups in total. The van der Waals surface area contributed by atoms with Crippen molar-refractivity contribution < 1.29 is 13.7 Å². The van der Waals surface area contributed by atoms with Crippen LogP contribution in [0.1, 0.15) is 18.0 Å². The van der Waals surface area contributed by atoms with Crippen LogP contribution in [0.25, 0.3) is 23.0 Å². The number of amides is 1. The Balaban J connectivity index is 1.25. The van der Waals surface area contributed by atoms with Crippen molar-refractivity contribution in [2.75, 3.05) is 13.1 Å². The largest absolute Gasteiger partial charge is 0.340 e. The minimum atomic E-state index is -0.337. The molecule has 1 fully saturated rings. The Kier molecular flexibility index (Phi) is 4.99. The van der Waals surface area contributed by atoms with Crippen molar-refractivity contribution in [1.29, 1.82) is 0 Å². The molecule has 0 saturated carbocycles. The van der Waals surface area contributed by atoms with Crippen molar-refractivity contribution in [3.8, 4) is 23.0 Å². The number of carbonyl (C=O) groups is 1. The van der Waals surface area contributed by atoms with Gasteiger partial charge in [0.15, 0.2) is 5.69 Å². The quantitative estimate of drug-likeness (QED) is 0.495. The first kappa shape index (κ1) is 19.1. The van der Waals surface area contributed by atoms with E-state index in [0.29, 0.717) is 36.1 Å². The Morgan fingerprint density at radius 2 is 2.03 bits per heavy atom. The summed E-state index contributed by atoms with van der Waals surface area (Å²) in [5.41, 5.74) is 2.01. The van der Waals surface area contributed by atoms with Crippen LogP contribution in [0, 0.1) is 5.82 Å². The molecule has 1 amide bonds. The summed E-state index contributed by atoms with van der Waals surface area (Å²) in [5.74, 6) is 0.413. The van der Waals surface area contributed by atoms with Gasteiger partial charge in [-0.15, -0.1) is 5.10 Å². The first-order valence-electron chi connectivity index (χ1n) is 9.99. The molecule has 3 heterocycles. The van der Waals surface area contributed by atoms with Crippen LogP contribution in [0.2, 0.25) is 0 Å². The predicted molar refractivity (Wildman–Crippen MR) is 109 cm³/mol. The molecule has 156 valence electrons. The summed E-state index contributed by atoms with van der Waals surface area (Å²) in [4.78, 5) is 18.8. The zero-order valence-corrected chi connectivity index (χ0v) is 16.6. The molecule has 1 saturated heterocycles. The second-order valence-electron chi connectivity index (χ2n) is 7.46. The second-order valence-corrected chi connectivity index (χ2v) is 7.46. The van der Waals surface area contributed by atoms with Gasteiger partial charge in [-0.25, -0.2) is 9.07 Å². The van der Waals surface area contributed by atoms with Crippen LogP contribution >= 0.6 is 0 Å². The standard InChI is InChI=1S/C22H19FN6O2/c23-17-8-4-5-15(11-17)12-20(30)28-10-9-18(13-28)29-14-19(25-27-29)22-24-21(26-31-22)16-6-2-1-3-7-16/h1-8,11,14,18H,9-10,12-13H2/t18-/m1/s1. The lowest BCUT2D eigenvalue weighted by molar-refractivity contribution is -0.129. The molecule has 2 aromatic heterocycles. The van der Waals surface area contributed by atoms with Crippen LogP contribution in [-0.2, 0) is 11.2 Å². The van der Waals surface area contributed by atoms with Gasteiger partial charge in [-0.3, -0.25) is 4.79 Å². The number of benzene rings is 2. The molecule has 5 rings (SSSR count). The highest BCUT2D eigenvalue weighted by Gasteiger charge is 2.29. The van der Waals surface area contributed by atoms with Crippen LogP contribution in [-0.4, -0.2) is 49.0 Å². The number of likely N-dealkylation sites (tertiary alicyclic amines) is 1. The van der Waals surface area contributed by atoms with Gasteiger partial charge in [-0.05, 0) is 24.1 Å². The van der Waals surface area contributed by atoms with Crippen LogP contribution in [0.4, 0.5) is 4.39 Å². The summed E-state index contributed by atoms with van der Waals surface area (Å²) in [6.07, 6.45) is 2.70. The van der Waals surface area contributed by atoms with E-state index in [2.05, 4.69) is 20.5 Å². The Labute approximate surface area is 177 Å². The van der Waals surface area contributed by atoms with Crippen molar-refractivity contribution in [1.82, 2.24) is 30.0 Å². The minimum Gasteiger partial charge on any atom is -0.340 e. The molecular weight excluding hydrogens is 399 g/mol. The Morgan fingerprint density at radius 3 is 2.87 bits per heavy atom. The maximum absolute atomic E-state index is 13.4. The van der Waals surface area contributed by atoms with E-state index < -0.39 is 0 Å². The summed E-state index contributed by atoms with van der Waals surface area (Å²) >= 11 is 0. The summed E-state index contributed by atoms with van der Waals surface area (Å²) in [5, 5.41) is 12.4. The highest BCUT2D eigenvalue weighted by atomic mass is 19.1. The fraction of sp³-hybridized carbons (Fsp3) is 0.227. The summed E-state index contributed by atoms with van der Waals surface area (Å²) < 4.78 is 20.4. The number of hydrogen-bond acceptors (Lipinski definition) is 6. The molecule has 9 heteroatoms. The molecule has 0 unspecified atom stereocenters. The molecule has 0 spiro atoms. The molecule has 2 aromatic carbocycles. The third-order valence-corrected chi connectivity index (χ3v) is 5.32. The fourth-order valence-electron chi connectivity index (χ4n) is 3.70. The van der Waals surface area contributed by atoms with Crippen LogP contribution in [0.5, 0.6) is 0 Å². The number of halogens is 1. The summed E-state index contributed by atoms with van der Waals surface area (Å²) in [6.45, 7) is 1.14. The number of aromatic nitrogens is 5. The predicted octanol–water partition coefficient (Wildman–Crippen LogP) is 3.15. The highest BCUT2D eigenvalue weighted by molar-refractivity contribution is 5.79. The number of nitrogens with zero attached hydrogens (tertiary/aromatic N) is 6. The lowest BCUT2D eigenvalue weighted by atomic mass is 10.1. The molecule has 4 aromatic rings. The lowest BCUT2D eigenvalue weighted by Gasteiger charge is -2.16. The van der Waals surface area contributed by atoms with Gasteiger partial charge in [0.05, 0.1) is 18.7 Å². The van der Waals surface area contributed by atoms with Gasteiger partial charge in [0.1, 0.15) is 5.82 Å². The number of rotatable bonds is 5. The van der Waals surface area contributed by atoms with E-state index in [1.807, 2.05) is 30.3 Å². The van der Waals surface area contributed by atoms with E-state index in [1.165, 1.54) is 12.1 Å². The topological polar surface area (TPSA) is 89.9 Å². The smallest absolute Gasteiger partial charge is 0.280 e. The third kappa shape index (κ3) is 4.07. The number of carbonyl (C=O) groups excluding carboxylic acids is 1. The Hall–Kier alpha value is -3.88. The normalized spacial score (nSPS) is 16.0. The van der Waals surface area contributed by atoms with Crippen molar-refractivity contribution in [2.45, 2.75) is 18.9 Å². The first-order valence-corrected chi connectivity index (χ1v) is 9.99. The molecule has 0 aliphatic carbocycles. The summed E-state index contributed by atoms with van der Waals surface area (Å²) in [7, 11) is 0. The van der Waals surface area contributed by atoms with E-state index in [-0.39, 0.29) is 24.2 Å².